The van der Waals surface area contributed by atoms with E-state index in [1.165, 1.54) is 14.2 Å². The van der Waals surface area contributed by atoms with Gasteiger partial charge in [-0.25, -0.2) is 0 Å². The highest BCUT2D eigenvalue weighted by atomic mass is 16.5. The van der Waals surface area contributed by atoms with Crippen molar-refractivity contribution in [2.45, 2.75) is 13.2 Å². The second-order valence-corrected chi connectivity index (χ2v) is 8.30. The van der Waals surface area contributed by atoms with Crippen molar-refractivity contribution in [2.24, 2.45) is 0 Å². The Balaban J connectivity index is 1.48. The number of carbonyl (C=O) groups is 2. The minimum absolute atomic E-state index is 0.260. The molecule has 180 valence electrons. The average molecular weight is 481 g/mol. The van der Waals surface area contributed by atoms with Gasteiger partial charge in [0.15, 0.2) is 34.6 Å². The zero-order chi connectivity index (χ0) is 25.1. The molecule has 6 nitrogen and oxygen atoms in total. The van der Waals surface area contributed by atoms with E-state index < -0.39 is 0 Å². The molecule has 0 amide bonds. The minimum Gasteiger partial charge on any atom is -0.493 e. The second-order valence-electron chi connectivity index (χ2n) is 8.30. The molecular formula is C30H24O6. The third kappa shape index (κ3) is 4.41. The largest absolute Gasteiger partial charge is 0.493 e. The summed E-state index contributed by atoms with van der Waals surface area (Å²) in [5, 5.41) is 0. The van der Waals surface area contributed by atoms with Gasteiger partial charge in [0.25, 0.3) is 0 Å². The van der Waals surface area contributed by atoms with E-state index in [2.05, 4.69) is 0 Å². The highest BCUT2D eigenvalue weighted by Crippen LogP contribution is 2.40. The van der Waals surface area contributed by atoms with Crippen LogP contribution in [0.2, 0.25) is 0 Å². The molecule has 0 spiro atoms. The smallest absolute Gasteiger partial charge is 0.194 e. The number of ketones is 2. The van der Waals surface area contributed by atoms with Crippen molar-refractivity contribution < 1.29 is 28.5 Å². The summed E-state index contributed by atoms with van der Waals surface area (Å²) in [7, 11) is 3.00. The van der Waals surface area contributed by atoms with Crippen LogP contribution in [0.5, 0.6) is 23.0 Å². The van der Waals surface area contributed by atoms with Gasteiger partial charge in [-0.1, -0.05) is 60.7 Å². The molecule has 0 fully saturated rings. The van der Waals surface area contributed by atoms with Crippen molar-refractivity contribution in [2.75, 3.05) is 14.2 Å². The Morgan fingerprint density at radius 1 is 0.500 bits per heavy atom. The minimum atomic E-state index is -0.292. The fraction of sp³-hybridized carbons (Fsp3) is 0.133. The molecule has 0 N–H and O–H groups in total. The van der Waals surface area contributed by atoms with Crippen LogP contribution in [0.15, 0.2) is 84.9 Å². The maximum atomic E-state index is 13.5. The first-order chi connectivity index (χ1) is 17.6. The maximum Gasteiger partial charge on any atom is 0.194 e. The number of hydrogen-bond donors (Lipinski definition) is 0. The van der Waals surface area contributed by atoms with Crippen LogP contribution in [0.3, 0.4) is 0 Å². The summed E-state index contributed by atoms with van der Waals surface area (Å²) in [4.78, 5) is 27.0. The van der Waals surface area contributed by atoms with Gasteiger partial charge >= 0.3 is 0 Å². The van der Waals surface area contributed by atoms with Crippen molar-refractivity contribution in [1.29, 1.82) is 0 Å². The molecular weight excluding hydrogens is 456 g/mol. The van der Waals surface area contributed by atoms with Gasteiger partial charge in [0, 0.05) is 22.3 Å². The van der Waals surface area contributed by atoms with Gasteiger partial charge in [0.2, 0.25) is 0 Å². The molecule has 0 aliphatic heterocycles. The molecule has 4 aromatic rings. The first kappa shape index (κ1) is 23.2. The first-order valence-corrected chi connectivity index (χ1v) is 11.5. The number of rotatable bonds is 8. The van der Waals surface area contributed by atoms with Crippen LogP contribution < -0.4 is 18.9 Å². The number of methoxy groups -OCH3 is 2. The van der Waals surface area contributed by atoms with E-state index in [9.17, 15) is 9.59 Å². The summed E-state index contributed by atoms with van der Waals surface area (Å²) in [6.45, 7) is 0.593. The van der Waals surface area contributed by atoms with Gasteiger partial charge in [-0.2, -0.15) is 0 Å². The quantitative estimate of drug-likeness (QED) is 0.286. The van der Waals surface area contributed by atoms with Crippen molar-refractivity contribution in [3.05, 3.63) is 118 Å². The lowest BCUT2D eigenvalue weighted by Crippen LogP contribution is -2.21. The standard InChI is InChI=1S/C30H24O6/c1-33-25-13-21-23(15-27(25)35-17-19-9-5-3-6-10-19)30(32)22-14-26(34-2)28(16-24(22)29(21)31)36-18-20-11-7-4-8-12-20/h3-16H,17-18H2,1-2H3. The van der Waals surface area contributed by atoms with Gasteiger partial charge in [0.1, 0.15) is 13.2 Å². The summed E-state index contributed by atoms with van der Waals surface area (Å²) >= 11 is 0. The van der Waals surface area contributed by atoms with Gasteiger partial charge in [-0.15, -0.1) is 0 Å². The zero-order valence-corrected chi connectivity index (χ0v) is 19.9. The lowest BCUT2D eigenvalue weighted by atomic mass is 9.83. The van der Waals surface area contributed by atoms with Crippen LogP contribution in [-0.2, 0) is 13.2 Å². The van der Waals surface area contributed by atoms with Crippen LogP contribution in [0, 0.1) is 0 Å². The Labute approximate surface area is 209 Å². The summed E-state index contributed by atoms with van der Waals surface area (Å²) in [5.74, 6) is 0.949. The summed E-state index contributed by atoms with van der Waals surface area (Å²) in [5.41, 5.74) is 2.98. The first-order valence-electron chi connectivity index (χ1n) is 11.5. The summed E-state index contributed by atoms with van der Waals surface area (Å²) < 4.78 is 22.9. The molecule has 6 heteroatoms. The van der Waals surface area contributed by atoms with Gasteiger partial charge in [-0.05, 0) is 35.4 Å². The Kier molecular flexibility index (Phi) is 6.41. The fourth-order valence-electron chi connectivity index (χ4n) is 4.18. The van der Waals surface area contributed by atoms with E-state index >= 15 is 0 Å². The Hall–Kier alpha value is -4.58. The van der Waals surface area contributed by atoms with E-state index in [1.54, 1.807) is 24.3 Å². The van der Waals surface area contributed by atoms with Crippen molar-refractivity contribution in [3.63, 3.8) is 0 Å². The van der Waals surface area contributed by atoms with Crippen LogP contribution >= 0.6 is 0 Å². The maximum absolute atomic E-state index is 13.5. The van der Waals surface area contributed by atoms with E-state index in [0.29, 0.717) is 36.2 Å². The number of ether oxygens (including phenoxy) is 4. The lowest BCUT2D eigenvalue weighted by Gasteiger charge is -2.22. The Bertz CT molecular complexity index is 1320. The van der Waals surface area contributed by atoms with Gasteiger partial charge in [-0.3, -0.25) is 9.59 Å². The topological polar surface area (TPSA) is 71.1 Å². The molecule has 5 rings (SSSR count). The molecule has 0 heterocycles. The SMILES string of the molecule is COc1cc2c(cc1OCc1ccccc1)C(=O)c1cc(OC)c(OCc3ccccc3)cc1C2=O. The number of benzene rings is 4. The Morgan fingerprint density at radius 2 is 0.833 bits per heavy atom. The summed E-state index contributed by atoms with van der Waals surface area (Å²) in [6, 6.07) is 25.6. The predicted molar refractivity (Wildman–Crippen MR) is 134 cm³/mol. The number of fused-ring (bicyclic) bond motifs is 2. The van der Waals surface area contributed by atoms with Crippen LogP contribution in [0.4, 0.5) is 0 Å². The number of carbonyl (C=O) groups excluding carboxylic acids is 2. The molecule has 0 bridgehead atoms. The highest BCUT2D eigenvalue weighted by Gasteiger charge is 2.33. The molecule has 0 saturated heterocycles. The molecule has 4 aromatic carbocycles. The van der Waals surface area contributed by atoms with E-state index in [4.69, 9.17) is 18.9 Å². The normalized spacial score (nSPS) is 11.9. The average Bonchev–Trinajstić information content (AvgIpc) is 2.93. The lowest BCUT2D eigenvalue weighted by molar-refractivity contribution is 0.0977. The van der Waals surface area contributed by atoms with E-state index in [-0.39, 0.29) is 33.8 Å². The summed E-state index contributed by atoms with van der Waals surface area (Å²) in [6.07, 6.45) is 0. The molecule has 0 unspecified atom stereocenters. The van der Waals surface area contributed by atoms with Crippen molar-refractivity contribution in [1.82, 2.24) is 0 Å². The highest BCUT2D eigenvalue weighted by molar-refractivity contribution is 6.29. The predicted octanol–water partition coefficient (Wildman–Crippen LogP) is 5.64. The third-order valence-electron chi connectivity index (χ3n) is 6.06. The van der Waals surface area contributed by atoms with Crippen LogP contribution in [-0.4, -0.2) is 25.8 Å². The zero-order valence-electron chi connectivity index (χ0n) is 19.9. The molecule has 1 aliphatic carbocycles. The molecule has 0 radical (unpaired) electrons. The van der Waals surface area contributed by atoms with Gasteiger partial charge in [0.05, 0.1) is 14.2 Å². The molecule has 36 heavy (non-hydrogen) atoms. The van der Waals surface area contributed by atoms with Crippen LogP contribution in [0.1, 0.15) is 43.0 Å². The fourth-order valence-corrected chi connectivity index (χ4v) is 4.18. The molecule has 0 aromatic heterocycles. The molecule has 1 aliphatic rings. The third-order valence-corrected chi connectivity index (χ3v) is 6.06. The van der Waals surface area contributed by atoms with Crippen molar-refractivity contribution >= 4 is 11.6 Å². The number of hydrogen-bond acceptors (Lipinski definition) is 6. The van der Waals surface area contributed by atoms with Crippen LogP contribution in [0.25, 0.3) is 0 Å². The Morgan fingerprint density at radius 3 is 1.17 bits per heavy atom. The van der Waals surface area contributed by atoms with E-state index in [1.807, 2.05) is 60.7 Å². The van der Waals surface area contributed by atoms with Gasteiger partial charge < -0.3 is 18.9 Å². The molecule has 0 saturated carbocycles. The van der Waals surface area contributed by atoms with E-state index in [0.717, 1.165) is 11.1 Å². The second kappa shape index (κ2) is 9.96. The van der Waals surface area contributed by atoms with Crippen molar-refractivity contribution in [3.8, 4) is 23.0 Å². The monoisotopic (exact) mass is 480 g/mol. The molecule has 0 atom stereocenters.